The maximum Gasteiger partial charge on any atom is 0.337 e. The summed E-state index contributed by atoms with van der Waals surface area (Å²) in [4.78, 5) is 35.1. The fraction of sp³-hybridized carbons (Fsp3) is 0.417. The summed E-state index contributed by atoms with van der Waals surface area (Å²) in [6, 6.07) is 2.49. The molecule has 1 rings (SSSR count). The topological polar surface area (TPSA) is 79.6 Å². The van der Waals surface area contributed by atoms with Gasteiger partial charge in [-0.3, -0.25) is 9.59 Å². The number of carboxylic acid groups (broad SMARTS) is 1. The third kappa shape index (κ3) is 3.73. The standard InChI is InChI=1S/C12H16N2O4/c1-13(2)10(15)4-3-7-14-8-9(12(17)18)5-6-11(14)16/h5-6,8H,3-4,7H2,1-2H3,(H,17,18). The zero-order valence-corrected chi connectivity index (χ0v) is 10.4. The molecule has 0 aliphatic rings. The molecule has 6 heteroatoms. The summed E-state index contributed by atoms with van der Waals surface area (Å²) in [5.41, 5.74) is -0.203. The molecule has 1 heterocycles. The molecule has 0 bridgehead atoms. The Labute approximate surface area is 104 Å². The van der Waals surface area contributed by atoms with Gasteiger partial charge in [-0.15, -0.1) is 0 Å². The van der Waals surface area contributed by atoms with Crippen molar-refractivity contribution in [3.05, 3.63) is 34.2 Å². The van der Waals surface area contributed by atoms with Crippen LogP contribution >= 0.6 is 0 Å². The lowest BCUT2D eigenvalue weighted by Crippen LogP contribution is -2.24. The van der Waals surface area contributed by atoms with E-state index in [0.29, 0.717) is 19.4 Å². The van der Waals surface area contributed by atoms with Gasteiger partial charge in [-0.2, -0.15) is 0 Å². The number of aromatic carboxylic acids is 1. The molecular weight excluding hydrogens is 236 g/mol. The highest BCUT2D eigenvalue weighted by Gasteiger charge is 2.07. The molecule has 1 amide bonds. The quantitative estimate of drug-likeness (QED) is 0.823. The highest BCUT2D eigenvalue weighted by atomic mass is 16.4. The summed E-state index contributed by atoms with van der Waals surface area (Å²) >= 11 is 0. The molecule has 1 aromatic rings. The van der Waals surface area contributed by atoms with Crippen LogP contribution in [0.3, 0.4) is 0 Å². The van der Waals surface area contributed by atoms with Crippen LogP contribution in [-0.2, 0) is 11.3 Å². The van der Waals surface area contributed by atoms with Crippen molar-refractivity contribution in [3.63, 3.8) is 0 Å². The summed E-state index contributed by atoms with van der Waals surface area (Å²) in [7, 11) is 3.33. The minimum Gasteiger partial charge on any atom is -0.478 e. The van der Waals surface area contributed by atoms with E-state index in [1.807, 2.05) is 0 Å². The SMILES string of the molecule is CN(C)C(=O)CCCn1cc(C(=O)O)ccc1=O. The zero-order valence-electron chi connectivity index (χ0n) is 10.4. The monoisotopic (exact) mass is 252 g/mol. The maximum absolute atomic E-state index is 11.5. The lowest BCUT2D eigenvalue weighted by molar-refractivity contribution is -0.128. The second-order valence-electron chi connectivity index (χ2n) is 4.15. The second kappa shape index (κ2) is 6.00. The van der Waals surface area contributed by atoms with Crippen molar-refractivity contribution < 1.29 is 14.7 Å². The highest BCUT2D eigenvalue weighted by Crippen LogP contribution is 1.99. The fourth-order valence-electron chi connectivity index (χ4n) is 1.46. The molecule has 18 heavy (non-hydrogen) atoms. The van der Waals surface area contributed by atoms with Gasteiger partial charge >= 0.3 is 5.97 Å². The number of pyridine rings is 1. The van der Waals surface area contributed by atoms with E-state index < -0.39 is 5.97 Å². The third-order valence-corrected chi connectivity index (χ3v) is 2.52. The van der Waals surface area contributed by atoms with Crippen LogP contribution in [0, 0.1) is 0 Å². The average molecular weight is 252 g/mol. The Morgan fingerprint density at radius 3 is 2.56 bits per heavy atom. The van der Waals surface area contributed by atoms with Gasteiger partial charge in [0.25, 0.3) is 5.56 Å². The number of rotatable bonds is 5. The van der Waals surface area contributed by atoms with E-state index in [4.69, 9.17) is 5.11 Å². The van der Waals surface area contributed by atoms with E-state index in [2.05, 4.69) is 0 Å². The van der Waals surface area contributed by atoms with Crippen molar-refractivity contribution in [1.82, 2.24) is 9.47 Å². The van der Waals surface area contributed by atoms with E-state index in [0.717, 1.165) is 0 Å². The molecule has 6 nitrogen and oxygen atoms in total. The van der Waals surface area contributed by atoms with Gasteiger partial charge in [0.2, 0.25) is 5.91 Å². The van der Waals surface area contributed by atoms with E-state index in [1.165, 1.54) is 27.8 Å². The number of aromatic nitrogens is 1. The number of hydrogen-bond acceptors (Lipinski definition) is 3. The molecule has 0 atom stereocenters. The van der Waals surface area contributed by atoms with Crippen LogP contribution < -0.4 is 5.56 Å². The number of aryl methyl sites for hydroxylation is 1. The van der Waals surface area contributed by atoms with E-state index >= 15 is 0 Å². The minimum atomic E-state index is -1.08. The van der Waals surface area contributed by atoms with Gasteiger partial charge in [-0.1, -0.05) is 0 Å². The van der Waals surface area contributed by atoms with Gasteiger partial charge in [0.1, 0.15) is 0 Å². The van der Waals surface area contributed by atoms with Gasteiger partial charge in [0, 0.05) is 39.3 Å². The van der Waals surface area contributed by atoms with Crippen LogP contribution in [-0.4, -0.2) is 40.5 Å². The van der Waals surface area contributed by atoms with Gasteiger partial charge in [0.05, 0.1) is 5.56 Å². The first kappa shape index (κ1) is 14.0. The van der Waals surface area contributed by atoms with Gasteiger partial charge < -0.3 is 14.6 Å². The van der Waals surface area contributed by atoms with Crippen molar-refractivity contribution in [2.24, 2.45) is 0 Å². The van der Waals surface area contributed by atoms with Crippen LogP contribution in [0.25, 0.3) is 0 Å². The fourth-order valence-corrected chi connectivity index (χ4v) is 1.46. The summed E-state index contributed by atoms with van der Waals surface area (Å²) in [6.07, 6.45) is 2.13. The van der Waals surface area contributed by atoms with Gasteiger partial charge in [-0.05, 0) is 12.5 Å². The normalized spacial score (nSPS) is 10.1. The largest absolute Gasteiger partial charge is 0.478 e. The van der Waals surface area contributed by atoms with E-state index in [9.17, 15) is 14.4 Å². The van der Waals surface area contributed by atoms with Crippen molar-refractivity contribution in [2.45, 2.75) is 19.4 Å². The molecule has 98 valence electrons. The molecule has 0 aromatic carbocycles. The van der Waals surface area contributed by atoms with Crippen LogP contribution in [0.2, 0.25) is 0 Å². The summed E-state index contributed by atoms with van der Waals surface area (Å²) in [5.74, 6) is -1.09. The predicted molar refractivity (Wildman–Crippen MR) is 65.6 cm³/mol. The zero-order chi connectivity index (χ0) is 13.7. The number of carbonyl (C=O) groups excluding carboxylic acids is 1. The molecule has 0 aliphatic carbocycles. The molecule has 0 radical (unpaired) electrons. The molecule has 0 saturated carbocycles. The van der Waals surface area contributed by atoms with E-state index in [1.54, 1.807) is 14.1 Å². The smallest absolute Gasteiger partial charge is 0.337 e. The molecule has 1 N–H and O–H groups in total. The van der Waals surface area contributed by atoms with Crippen molar-refractivity contribution in [1.29, 1.82) is 0 Å². The first-order valence-corrected chi connectivity index (χ1v) is 5.55. The van der Waals surface area contributed by atoms with Crippen LogP contribution in [0.4, 0.5) is 0 Å². The van der Waals surface area contributed by atoms with Gasteiger partial charge in [0.15, 0.2) is 0 Å². The Morgan fingerprint density at radius 2 is 2.00 bits per heavy atom. The first-order chi connectivity index (χ1) is 8.41. The van der Waals surface area contributed by atoms with Crippen molar-refractivity contribution in [2.75, 3.05) is 14.1 Å². The minimum absolute atomic E-state index is 0.0163. The van der Waals surface area contributed by atoms with Crippen molar-refractivity contribution in [3.8, 4) is 0 Å². The first-order valence-electron chi connectivity index (χ1n) is 5.55. The third-order valence-electron chi connectivity index (χ3n) is 2.52. The molecule has 0 spiro atoms. The van der Waals surface area contributed by atoms with Crippen LogP contribution in [0.15, 0.2) is 23.1 Å². The number of hydrogen-bond donors (Lipinski definition) is 1. The maximum atomic E-state index is 11.5. The molecule has 0 fully saturated rings. The average Bonchev–Trinajstić information content (AvgIpc) is 2.30. The summed E-state index contributed by atoms with van der Waals surface area (Å²) in [6.45, 7) is 0.333. The molecular formula is C12H16N2O4. The number of carboxylic acids is 1. The highest BCUT2D eigenvalue weighted by molar-refractivity contribution is 5.87. The van der Waals surface area contributed by atoms with Gasteiger partial charge in [-0.25, -0.2) is 4.79 Å². The summed E-state index contributed by atoms with van der Waals surface area (Å²) < 4.78 is 1.31. The van der Waals surface area contributed by atoms with Crippen molar-refractivity contribution >= 4 is 11.9 Å². The lowest BCUT2D eigenvalue weighted by Gasteiger charge is -2.10. The Kier molecular flexibility index (Phi) is 4.65. The predicted octanol–water partition coefficient (Wildman–Crippen LogP) is 0.415. The lowest BCUT2D eigenvalue weighted by atomic mass is 10.2. The Hall–Kier alpha value is -2.11. The number of amides is 1. The Bertz CT molecular complexity index is 505. The number of carbonyl (C=O) groups is 2. The number of nitrogens with zero attached hydrogens (tertiary/aromatic N) is 2. The second-order valence-corrected chi connectivity index (χ2v) is 4.15. The Balaban J connectivity index is 2.67. The molecule has 0 saturated heterocycles. The van der Waals surface area contributed by atoms with Crippen LogP contribution in [0.5, 0.6) is 0 Å². The molecule has 0 unspecified atom stereocenters. The van der Waals surface area contributed by atoms with E-state index in [-0.39, 0.29) is 17.0 Å². The summed E-state index contributed by atoms with van der Waals surface area (Å²) in [5, 5.41) is 8.81. The molecule has 0 aliphatic heterocycles. The Morgan fingerprint density at radius 1 is 1.33 bits per heavy atom. The molecule has 1 aromatic heterocycles. The van der Waals surface area contributed by atoms with Crippen LogP contribution in [0.1, 0.15) is 23.2 Å².